The molecule has 2 aromatic carbocycles. The summed E-state index contributed by atoms with van der Waals surface area (Å²) in [5, 5.41) is 32.6. The molecular formula is C53H63F8N9O9. The SMILES string of the molecule is CCC(=N)OC(=N)c1cc(F)c(CN(C[C@H](O)[C@H](Cc2ccc(C#Cc3ccc(N4C[C@H]5C[C@@H]4CN5C4COC4)nc3)cc2)NC(=O)[C@@H](NC(=O)OC)C(C)(C)C(F)(F)F)NC(=O)[C@@H](CC(=O)OC)C(C)(C)C(F)(F)F)c(F)c1. The summed E-state index contributed by atoms with van der Waals surface area (Å²) < 4.78 is 139. The van der Waals surface area contributed by atoms with Crippen LogP contribution in [0.1, 0.15) is 81.7 Å². The molecule has 0 radical (unpaired) electrons. The number of carbonyl (C=O) groups excluding carboxylic acids is 4. The molecule has 79 heavy (non-hydrogen) atoms. The van der Waals surface area contributed by atoms with Crippen molar-refractivity contribution >= 4 is 41.5 Å². The average molecular weight is 1120 g/mol. The summed E-state index contributed by atoms with van der Waals surface area (Å²) in [4.78, 5) is 62.5. The van der Waals surface area contributed by atoms with Crippen LogP contribution in [0.25, 0.3) is 0 Å². The van der Waals surface area contributed by atoms with Gasteiger partial charge >= 0.3 is 24.4 Å². The van der Waals surface area contributed by atoms with E-state index in [1.165, 1.54) is 19.1 Å². The Labute approximate surface area is 450 Å². The number of aromatic nitrogens is 1. The van der Waals surface area contributed by atoms with Crippen LogP contribution in [-0.2, 0) is 46.3 Å². The predicted octanol–water partition coefficient (Wildman–Crippen LogP) is 6.15. The van der Waals surface area contributed by atoms with Crippen LogP contribution < -0.4 is 21.0 Å². The van der Waals surface area contributed by atoms with Gasteiger partial charge in [0.15, 0.2) is 5.90 Å². The third kappa shape index (κ3) is 14.7. The minimum absolute atomic E-state index is 0.0130. The second kappa shape index (κ2) is 25.0. The van der Waals surface area contributed by atoms with Gasteiger partial charge in [0.2, 0.25) is 17.7 Å². The molecule has 430 valence electrons. The molecule has 3 saturated heterocycles. The lowest BCUT2D eigenvalue weighted by Crippen LogP contribution is -2.62. The quantitative estimate of drug-likeness (QED) is 0.0186. The maximum atomic E-state index is 16.0. The van der Waals surface area contributed by atoms with Crippen LogP contribution in [0, 0.1) is 51.0 Å². The minimum Gasteiger partial charge on any atom is -0.469 e. The molecule has 1 aromatic heterocycles. The summed E-state index contributed by atoms with van der Waals surface area (Å²) >= 11 is 0. The number of hydrogen-bond donors (Lipinski definition) is 6. The van der Waals surface area contributed by atoms with E-state index in [0.717, 1.165) is 52.8 Å². The summed E-state index contributed by atoms with van der Waals surface area (Å²) in [6, 6.07) is 8.20. The van der Waals surface area contributed by atoms with E-state index in [2.05, 4.69) is 46.8 Å². The number of esters is 1. The Balaban J connectivity index is 1.31. The standard InChI is InChI=1S/C53H63F8N9O9/c1-8-42(62)79-46(63)32-18-38(54)36(39(55)19-32)25-68(67-47(73)37(21-44(72)76-6)50(2,3)52(56,57)58)26-41(71)40(65-48(74)45(66-49(75)77-7)51(4,5)53(59,60)61)17-30-12-9-29(10-13-30)11-14-31-15-16-43(64-22-31)70-24-33-20-34(70)23-69(33)35-27-78-28-35/h9-10,12-13,15-16,18-19,22,33-35,37,40-41,45,62-63,71H,8,17,20-21,23-28H2,1-7H3,(H,65,74)(H,66,75)(H,67,73)/t33-,34-,37-,40+,41+,45-/m1/s1. The number of piperazine rings is 1. The zero-order chi connectivity index (χ0) is 58.4. The van der Waals surface area contributed by atoms with Gasteiger partial charge in [0, 0.05) is 73.1 Å². The molecule has 0 spiro atoms. The van der Waals surface area contributed by atoms with Crippen LogP contribution in [0.5, 0.6) is 0 Å². The lowest BCUT2D eigenvalue weighted by Gasteiger charge is -2.42. The van der Waals surface area contributed by atoms with Gasteiger partial charge < -0.3 is 39.6 Å². The number of hydrazine groups is 1. The number of aliphatic hydroxyl groups is 1. The number of halogens is 8. The minimum atomic E-state index is -5.15. The maximum Gasteiger partial charge on any atom is 0.407 e. The fourth-order valence-electron chi connectivity index (χ4n) is 9.25. The number of alkyl halides is 6. The monoisotopic (exact) mass is 1120 g/mol. The van der Waals surface area contributed by atoms with Crippen LogP contribution >= 0.6 is 0 Å². The maximum absolute atomic E-state index is 16.0. The molecule has 6 rings (SSSR count). The molecule has 3 aromatic rings. The largest absolute Gasteiger partial charge is 0.469 e. The molecule has 4 heterocycles. The first-order valence-electron chi connectivity index (χ1n) is 25.1. The van der Waals surface area contributed by atoms with Crippen molar-refractivity contribution in [2.45, 2.75) is 116 Å². The summed E-state index contributed by atoms with van der Waals surface area (Å²) in [6.07, 6.45) is -12.8. The van der Waals surface area contributed by atoms with Gasteiger partial charge in [-0.15, -0.1) is 0 Å². The molecule has 6 atom stereocenters. The van der Waals surface area contributed by atoms with Crippen LogP contribution in [0.15, 0.2) is 54.7 Å². The molecule has 3 aliphatic heterocycles. The van der Waals surface area contributed by atoms with E-state index in [0.29, 0.717) is 79.7 Å². The smallest absolute Gasteiger partial charge is 0.407 e. The number of nitrogens with zero attached hydrogens (tertiary/aromatic N) is 4. The fraction of sp³-hybridized carbons (Fsp3) is 0.528. The first kappa shape index (κ1) is 61.3. The molecule has 3 fully saturated rings. The Bertz CT molecular complexity index is 2760. The number of carbonyl (C=O) groups is 4. The lowest BCUT2D eigenvalue weighted by atomic mass is 9.75. The second-order valence-corrected chi connectivity index (χ2v) is 20.6. The Hall–Kier alpha value is -6.95. The zero-order valence-corrected chi connectivity index (χ0v) is 44.3. The number of alkyl carbamates (subject to hydrolysis) is 1. The molecule has 26 heteroatoms. The van der Waals surface area contributed by atoms with Crippen molar-refractivity contribution in [1.82, 2.24) is 31.0 Å². The number of rotatable bonds is 20. The highest BCUT2D eigenvalue weighted by Crippen LogP contribution is 2.45. The number of hydrogen-bond acceptors (Lipinski definition) is 15. The Kier molecular flexibility index (Phi) is 19.4. The molecule has 3 aliphatic rings. The normalized spacial score (nSPS) is 18.3. The van der Waals surface area contributed by atoms with Crippen molar-refractivity contribution in [3.63, 3.8) is 0 Å². The number of benzene rings is 2. The Morgan fingerprint density at radius 2 is 1.47 bits per heavy atom. The Morgan fingerprint density at radius 1 is 0.848 bits per heavy atom. The number of anilines is 1. The second-order valence-electron chi connectivity index (χ2n) is 20.6. The first-order chi connectivity index (χ1) is 37.0. The van der Waals surface area contributed by atoms with Crippen molar-refractivity contribution in [3.05, 3.63) is 94.2 Å². The van der Waals surface area contributed by atoms with E-state index >= 15 is 8.78 Å². The van der Waals surface area contributed by atoms with E-state index in [1.807, 2.05) is 17.4 Å². The van der Waals surface area contributed by atoms with E-state index in [4.69, 9.17) is 20.3 Å². The average Bonchev–Trinajstić information content (AvgIpc) is 4.02. The molecule has 0 unspecified atom stereocenters. The van der Waals surface area contributed by atoms with E-state index in [9.17, 15) is 50.6 Å². The molecule has 0 saturated carbocycles. The van der Waals surface area contributed by atoms with Crippen LogP contribution in [0.4, 0.5) is 45.7 Å². The third-order valence-corrected chi connectivity index (χ3v) is 14.6. The number of aliphatic hydroxyl groups excluding tert-OH is 1. The van der Waals surface area contributed by atoms with Crippen molar-refractivity contribution in [3.8, 4) is 11.8 Å². The van der Waals surface area contributed by atoms with Crippen LogP contribution in [0.2, 0.25) is 0 Å². The van der Waals surface area contributed by atoms with Gasteiger partial charge in [0.05, 0.1) is 68.8 Å². The molecule has 2 bridgehead atoms. The lowest BCUT2D eigenvalue weighted by molar-refractivity contribution is -0.231. The predicted molar refractivity (Wildman–Crippen MR) is 269 cm³/mol. The Morgan fingerprint density at radius 3 is 1.99 bits per heavy atom. The van der Waals surface area contributed by atoms with E-state index in [1.54, 1.807) is 18.3 Å². The fourth-order valence-corrected chi connectivity index (χ4v) is 9.25. The van der Waals surface area contributed by atoms with Gasteiger partial charge in [0.1, 0.15) is 23.5 Å². The molecule has 0 aliphatic carbocycles. The topological polar surface area (TPSA) is 232 Å². The number of pyridine rings is 1. The number of nitrogens with one attached hydrogen (secondary N) is 5. The molecule has 18 nitrogen and oxygen atoms in total. The van der Waals surface area contributed by atoms with Crippen LogP contribution in [0.3, 0.4) is 0 Å². The third-order valence-electron chi connectivity index (χ3n) is 14.6. The number of likely N-dealkylation sites (tertiary alicyclic amines) is 1. The zero-order valence-electron chi connectivity index (χ0n) is 44.3. The van der Waals surface area contributed by atoms with Gasteiger partial charge in [0.25, 0.3) is 0 Å². The molecule has 6 N–H and O–H groups in total. The number of ether oxygens (including phenoxy) is 4. The number of fused-ring (bicyclic) bond motifs is 2. The number of amides is 3. The molecular weight excluding hydrogens is 1060 g/mol. The van der Waals surface area contributed by atoms with Gasteiger partial charge in [-0.1, -0.05) is 44.7 Å². The highest BCUT2D eigenvalue weighted by atomic mass is 19.4. The van der Waals surface area contributed by atoms with Crippen molar-refractivity contribution in [2.24, 2.45) is 16.7 Å². The van der Waals surface area contributed by atoms with E-state index < -0.39 is 132 Å². The first-order valence-corrected chi connectivity index (χ1v) is 25.1. The van der Waals surface area contributed by atoms with Gasteiger partial charge in [-0.3, -0.25) is 35.5 Å². The highest BCUT2D eigenvalue weighted by molar-refractivity contribution is 5.99. The van der Waals surface area contributed by atoms with Crippen LogP contribution in [-0.4, -0.2) is 151 Å². The highest BCUT2D eigenvalue weighted by Gasteiger charge is 2.57. The summed E-state index contributed by atoms with van der Waals surface area (Å²) in [7, 11) is 1.69. The van der Waals surface area contributed by atoms with E-state index in [-0.39, 0.29) is 6.42 Å². The van der Waals surface area contributed by atoms with Gasteiger partial charge in [-0.25, -0.2) is 23.6 Å². The van der Waals surface area contributed by atoms with Gasteiger partial charge in [-0.2, -0.15) is 26.3 Å². The molecule has 3 amide bonds. The number of methoxy groups -OCH3 is 2. The van der Waals surface area contributed by atoms with Crippen molar-refractivity contribution in [1.29, 1.82) is 10.8 Å². The summed E-state index contributed by atoms with van der Waals surface area (Å²) in [5.41, 5.74) is -3.92. The van der Waals surface area contributed by atoms with Crippen molar-refractivity contribution < 1.29 is 78.4 Å². The summed E-state index contributed by atoms with van der Waals surface area (Å²) in [6.45, 7) is 5.09. The van der Waals surface area contributed by atoms with Gasteiger partial charge in [-0.05, 0) is 68.7 Å². The van der Waals surface area contributed by atoms with Crippen molar-refractivity contribution in [2.75, 3.05) is 52.0 Å². The summed E-state index contributed by atoms with van der Waals surface area (Å²) in [5.74, 6) is -3.81.